The van der Waals surface area contributed by atoms with Crippen LogP contribution in [0.1, 0.15) is 40.3 Å². The van der Waals surface area contributed by atoms with Gasteiger partial charge in [-0.1, -0.05) is 60.7 Å². The van der Waals surface area contributed by atoms with Crippen LogP contribution in [0.15, 0.2) is 66.7 Å². The Bertz CT molecular complexity index is 1630. The molecule has 2 heterocycles. The van der Waals surface area contributed by atoms with Crippen LogP contribution in [-0.2, 0) is 21.5 Å². The largest absolute Gasteiger partial charge is 0.490 e. The Morgan fingerprint density at radius 2 is 1.85 bits per heavy atom. The second-order valence-corrected chi connectivity index (χ2v) is 10.3. The molecule has 1 fully saturated rings. The van der Waals surface area contributed by atoms with Gasteiger partial charge in [0.2, 0.25) is 5.91 Å². The van der Waals surface area contributed by atoms with Gasteiger partial charge in [0.25, 0.3) is 0 Å². The summed E-state index contributed by atoms with van der Waals surface area (Å²) in [6.45, 7) is 0.918. The van der Waals surface area contributed by atoms with Crippen molar-refractivity contribution >= 4 is 40.6 Å². The first-order valence-corrected chi connectivity index (χ1v) is 12.6. The highest BCUT2D eigenvalue weighted by Crippen LogP contribution is 2.64. The molecule has 206 valence electrons. The number of aliphatic carboxylic acids is 1. The summed E-state index contributed by atoms with van der Waals surface area (Å²) >= 11 is 0. The number of hydrogen-bond acceptors (Lipinski definition) is 4. The molecule has 1 aliphatic heterocycles. The number of anilines is 1. The number of nitrogens with zero attached hydrogens (tertiary/aromatic N) is 2. The van der Waals surface area contributed by atoms with Gasteiger partial charge in [-0.3, -0.25) is 9.89 Å². The van der Waals surface area contributed by atoms with Crippen molar-refractivity contribution in [3.05, 3.63) is 94.7 Å². The molecule has 1 aromatic heterocycles. The molecule has 0 unspecified atom stereocenters. The monoisotopic (exact) mass is 548 g/mol. The van der Waals surface area contributed by atoms with Crippen LogP contribution in [0.2, 0.25) is 0 Å². The average Bonchev–Trinajstić information content (AvgIpc) is 3.43. The van der Waals surface area contributed by atoms with Crippen LogP contribution in [-0.4, -0.2) is 52.4 Å². The molecule has 40 heavy (non-hydrogen) atoms. The highest BCUT2D eigenvalue weighted by atomic mass is 19.4. The SMILES string of the molecule is CN(C)Cc1cccc(C=Cc2n[nH]c3cc([C@@H]4C[C@@]45C(=O)Nc4ccccc45)ccc23)c1.O=C(O)C(F)(F)F. The number of para-hydroxylation sites is 1. The Morgan fingerprint density at radius 3 is 2.58 bits per heavy atom. The third-order valence-electron chi connectivity index (χ3n) is 7.17. The molecule has 3 N–H and O–H groups in total. The molecule has 0 radical (unpaired) electrons. The van der Waals surface area contributed by atoms with Crippen LogP contribution < -0.4 is 5.32 Å². The number of carbonyl (C=O) groups excluding carboxylic acids is 1. The van der Waals surface area contributed by atoms with E-state index in [4.69, 9.17) is 9.90 Å². The van der Waals surface area contributed by atoms with Gasteiger partial charge in [0.1, 0.15) is 0 Å². The van der Waals surface area contributed by atoms with Gasteiger partial charge in [0.15, 0.2) is 0 Å². The van der Waals surface area contributed by atoms with Crippen LogP contribution >= 0.6 is 0 Å². The Labute approximate surface area is 228 Å². The number of halogens is 3. The van der Waals surface area contributed by atoms with Crippen molar-refractivity contribution in [2.45, 2.75) is 30.5 Å². The number of rotatable bonds is 5. The van der Waals surface area contributed by atoms with Crippen LogP contribution in [0.25, 0.3) is 23.1 Å². The zero-order chi connectivity index (χ0) is 28.7. The van der Waals surface area contributed by atoms with Gasteiger partial charge >= 0.3 is 12.1 Å². The number of fused-ring (bicyclic) bond motifs is 3. The van der Waals surface area contributed by atoms with Crippen LogP contribution in [0.3, 0.4) is 0 Å². The fourth-order valence-electron chi connectivity index (χ4n) is 5.29. The number of hydrogen-bond donors (Lipinski definition) is 3. The highest BCUT2D eigenvalue weighted by Gasteiger charge is 2.65. The zero-order valence-corrected chi connectivity index (χ0v) is 21.8. The summed E-state index contributed by atoms with van der Waals surface area (Å²) in [6.07, 6.45) is -0.0591. The number of aromatic nitrogens is 2. The van der Waals surface area contributed by atoms with E-state index >= 15 is 0 Å². The van der Waals surface area contributed by atoms with Gasteiger partial charge in [0, 0.05) is 23.5 Å². The quantitative estimate of drug-likeness (QED) is 0.293. The second-order valence-electron chi connectivity index (χ2n) is 10.3. The van der Waals surface area contributed by atoms with Crippen molar-refractivity contribution in [3.8, 4) is 0 Å². The zero-order valence-electron chi connectivity index (χ0n) is 21.8. The van der Waals surface area contributed by atoms with E-state index in [9.17, 15) is 18.0 Å². The number of alkyl halides is 3. The number of H-pyrrole nitrogens is 1. The van der Waals surface area contributed by atoms with Crippen molar-refractivity contribution in [3.63, 3.8) is 0 Å². The predicted molar refractivity (Wildman–Crippen MR) is 147 cm³/mol. The Balaban J connectivity index is 0.000000411. The molecule has 0 saturated heterocycles. The third kappa shape index (κ3) is 5.22. The molecule has 0 bridgehead atoms. The fraction of sp³-hybridized carbons (Fsp3) is 0.233. The van der Waals surface area contributed by atoms with Gasteiger partial charge in [-0.25, -0.2) is 4.79 Å². The number of carboxylic acid groups (broad SMARTS) is 1. The van der Waals surface area contributed by atoms with E-state index in [0.29, 0.717) is 0 Å². The number of amides is 1. The van der Waals surface area contributed by atoms with Crippen molar-refractivity contribution in [1.82, 2.24) is 15.1 Å². The molecule has 1 aliphatic carbocycles. The normalized spacial score (nSPS) is 19.6. The summed E-state index contributed by atoms with van der Waals surface area (Å²) in [7, 11) is 4.15. The molecular weight excluding hydrogens is 521 g/mol. The van der Waals surface area contributed by atoms with E-state index < -0.39 is 17.6 Å². The number of nitrogens with one attached hydrogen (secondary N) is 2. The first-order chi connectivity index (χ1) is 19.0. The molecule has 3 aromatic carbocycles. The lowest BCUT2D eigenvalue weighted by molar-refractivity contribution is -0.192. The number of carboxylic acids is 1. The molecule has 4 aromatic rings. The number of aromatic amines is 1. The first-order valence-electron chi connectivity index (χ1n) is 12.6. The number of benzene rings is 3. The molecule has 6 rings (SSSR count). The van der Waals surface area contributed by atoms with Gasteiger partial charge < -0.3 is 15.3 Å². The van der Waals surface area contributed by atoms with Crippen LogP contribution in [0.5, 0.6) is 0 Å². The molecule has 10 heteroatoms. The lowest BCUT2D eigenvalue weighted by Gasteiger charge is -2.09. The van der Waals surface area contributed by atoms with Gasteiger partial charge in [-0.15, -0.1) is 0 Å². The lowest BCUT2D eigenvalue weighted by atomic mass is 9.92. The van der Waals surface area contributed by atoms with E-state index in [1.54, 1.807) is 0 Å². The van der Waals surface area contributed by atoms with E-state index in [-0.39, 0.29) is 11.8 Å². The van der Waals surface area contributed by atoms with Gasteiger partial charge in [0.05, 0.1) is 16.6 Å². The summed E-state index contributed by atoms with van der Waals surface area (Å²) in [5.41, 5.74) is 7.23. The maximum Gasteiger partial charge on any atom is 0.490 e. The molecule has 7 nitrogen and oxygen atoms in total. The Kier molecular flexibility index (Phi) is 6.97. The maximum absolute atomic E-state index is 12.8. The Morgan fingerprint density at radius 1 is 1.10 bits per heavy atom. The summed E-state index contributed by atoms with van der Waals surface area (Å²) in [5.74, 6) is -2.43. The van der Waals surface area contributed by atoms with Crippen molar-refractivity contribution in [1.29, 1.82) is 0 Å². The van der Waals surface area contributed by atoms with E-state index in [1.807, 2.05) is 18.2 Å². The standard InChI is InChI=1S/C28H26N4O.C2HF3O2/c1-32(2)17-19-7-5-6-18(14-19)10-13-24-21-12-11-20(15-26(21)31-30-24)23-16-28(23)22-8-3-4-9-25(22)29-27(28)33;3-2(4,5)1(6)7/h3-15,23H,16-17H2,1-2H3,(H,29,33)(H,30,31);(H,6,7)/t23-,28-;/m0./s1. The van der Waals surface area contributed by atoms with Gasteiger partial charge in [-0.05, 0) is 61.0 Å². The molecule has 2 atom stereocenters. The molecule has 1 amide bonds. The minimum Gasteiger partial charge on any atom is -0.475 e. The first kappa shape index (κ1) is 27.1. The molecule has 1 spiro atoms. The maximum atomic E-state index is 12.8. The predicted octanol–water partition coefficient (Wildman–Crippen LogP) is 5.81. The Hall–Kier alpha value is -4.44. The lowest BCUT2D eigenvalue weighted by Crippen LogP contribution is -2.21. The number of carbonyl (C=O) groups is 2. The smallest absolute Gasteiger partial charge is 0.475 e. The third-order valence-corrected chi connectivity index (χ3v) is 7.17. The van der Waals surface area contributed by atoms with E-state index in [1.165, 1.54) is 11.1 Å². The van der Waals surface area contributed by atoms with Crippen LogP contribution in [0, 0.1) is 0 Å². The minimum absolute atomic E-state index is 0.124. The summed E-state index contributed by atoms with van der Waals surface area (Å²) in [4.78, 5) is 23.9. The average molecular weight is 549 g/mol. The fourth-order valence-corrected chi connectivity index (χ4v) is 5.29. The molecule has 2 aliphatic rings. The van der Waals surface area contributed by atoms with Gasteiger partial charge in [-0.2, -0.15) is 18.3 Å². The highest BCUT2D eigenvalue weighted by molar-refractivity contribution is 6.09. The van der Waals surface area contributed by atoms with Crippen molar-refractivity contribution < 1.29 is 27.9 Å². The summed E-state index contributed by atoms with van der Waals surface area (Å²) < 4.78 is 31.7. The second kappa shape index (κ2) is 10.3. The summed E-state index contributed by atoms with van der Waals surface area (Å²) in [5, 5.41) is 19.0. The van der Waals surface area contributed by atoms with E-state index in [0.717, 1.165) is 46.4 Å². The van der Waals surface area contributed by atoms with Crippen LogP contribution in [0.4, 0.5) is 18.9 Å². The van der Waals surface area contributed by atoms with Crippen molar-refractivity contribution in [2.24, 2.45) is 0 Å². The van der Waals surface area contributed by atoms with E-state index in [2.05, 4.69) is 95.2 Å². The molecular formula is C30H27F3N4O3. The summed E-state index contributed by atoms with van der Waals surface area (Å²) in [6, 6.07) is 23.1. The van der Waals surface area contributed by atoms with Crippen molar-refractivity contribution in [2.75, 3.05) is 19.4 Å². The topological polar surface area (TPSA) is 98.3 Å². The minimum atomic E-state index is -5.08. The molecule has 1 saturated carbocycles.